The first-order valence-electron chi connectivity index (χ1n) is 8.34. The van der Waals surface area contributed by atoms with E-state index in [1.807, 2.05) is 6.92 Å². The summed E-state index contributed by atoms with van der Waals surface area (Å²) in [6.45, 7) is 6.47. The van der Waals surface area contributed by atoms with Gasteiger partial charge in [0, 0.05) is 17.8 Å². The molecule has 6 nitrogen and oxygen atoms in total. The molecule has 2 amide bonds. The van der Waals surface area contributed by atoms with E-state index in [0.717, 1.165) is 0 Å². The zero-order valence-corrected chi connectivity index (χ0v) is 14.5. The number of ether oxygens (including phenoxy) is 2. The number of hydrogen-bond donors (Lipinski definition) is 1. The van der Waals surface area contributed by atoms with Gasteiger partial charge in [-0.25, -0.2) is 0 Å². The molecule has 0 aliphatic carbocycles. The van der Waals surface area contributed by atoms with Gasteiger partial charge in [-0.3, -0.25) is 9.59 Å². The predicted molar refractivity (Wildman–Crippen MR) is 100 cm³/mol. The van der Waals surface area contributed by atoms with Gasteiger partial charge in [-0.1, -0.05) is 12.1 Å². The number of rotatable bonds is 6. The second kappa shape index (κ2) is 7.74. The summed E-state index contributed by atoms with van der Waals surface area (Å²) in [7, 11) is 0. The first kappa shape index (κ1) is 17.5. The maximum atomic E-state index is 12.5. The fourth-order valence-electron chi connectivity index (χ4n) is 2.71. The summed E-state index contributed by atoms with van der Waals surface area (Å²) in [6.07, 6.45) is 1.65. The molecule has 2 aromatic rings. The number of fused-ring (bicyclic) bond motifs is 1. The highest BCUT2D eigenvalue weighted by molar-refractivity contribution is 6.05. The number of anilines is 2. The van der Waals surface area contributed by atoms with E-state index in [0.29, 0.717) is 41.6 Å². The molecule has 134 valence electrons. The van der Waals surface area contributed by atoms with E-state index in [-0.39, 0.29) is 18.4 Å². The Kier molecular flexibility index (Phi) is 5.22. The van der Waals surface area contributed by atoms with Crippen molar-refractivity contribution in [2.75, 3.05) is 30.0 Å². The lowest BCUT2D eigenvalue weighted by Crippen LogP contribution is -2.38. The van der Waals surface area contributed by atoms with Crippen molar-refractivity contribution in [3.05, 3.63) is 60.7 Å². The minimum absolute atomic E-state index is 0.00321. The topological polar surface area (TPSA) is 67.9 Å². The molecule has 26 heavy (non-hydrogen) atoms. The van der Waals surface area contributed by atoms with Crippen LogP contribution in [-0.4, -0.2) is 31.6 Å². The summed E-state index contributed by atoms with van der Waals surface area (Å²) in [4.78, 5) is 26.1. The zero-order valence-electron chi connectivity index (χ0n) is 14.5. The average Bonchev–Trinajstić information content (AvgIpc) is 2.65. The lowest BCUT2D eigenvalue weighted by molar-refractivity contribution is -0.121. The third kappa shape index (κ3) is 3.69. The number of carbonyl (C=O) groups excluding carboxylic acids is 2. The molecule has 0 atom stereocenters. The van der Waals surface area contributed by atoms with Crippen molar-refractivity contribution in [2.45, 2.75) is 6.92 Å². The second-order valence-corrected chi connectivity index (χ2v) is 5.68. The van der Waals surface area contributed by atoms with Gasteiger partial charge in [-0.15, -0.1) is 6.58 Å². The van der Waals surface area contributed by atoms with Gasteiger partial charge in [-0.05, 0) is 43.3 Å². The van der Waals surface area contributed by atoms with Crippen LogP contribution in [0.3, 0.4) is 0 Å². The SMILES string of the molecule is C=CCN1C(=O)COc2ccc(NC(=O)c3cccc(OCC)c3)cc21. The average molecular weight is 352 g/mol. The highest BCUT2D eigenvalue weighted by Crippen LogP contribution is 2.34. The minimum Gasteiger partial charge on any atom is -0.494 e. The van der Waals surface area contributed by atoms with Crippen LogP contribution in [0.15, 0.2) is 55.1 Å². The Bertz CT molecular complexity index is 847. The number of nitrogens with zero attached hydrogens (tertiary/aromatic N) is 1. The third-order valence-corrected chi connectivity index (χ3v) is 3.88. The van der Waals surface area contributed by atoms with E-state index in [2.05, 4.69) is 11.9 Å². The van der Waals surface area contributed by atoms with E-state index in [9.17, 15) is 9.59 Å². The quantitative estimate of drug-likeness (QED) is 0.811. The minimum atomic E-state index is -0.259. The zero-order chi connectivity index (χ0) is 18.5. The molecule has 0 saturated heterocycles. The first-order chi connectivity index (χ1) is 12.6. The number of nitrogens with one attached hydrogen (secondary N) is 1. The highest BCUT2D eigenvalue weighted by atomic mass is 16.5. The number of hydrogen-bond acceptors (Lipinski definition) is 4. The summed E-state index contributed by atoms with van der Waals surface area (Å²) in [5.41, 5.74) is 1.67. The van der Waals surface area contributed by atoms with Gasteiger partial charge < -0.3 is 19.7 Å². The Labute approximate surface area is 152 Å². The fourth-order valence-corrected chi connectivity index (χ4v) is 2.71. The van der Waals surface area contributed by atoms with Gasteiger partial charge in [0.1, 0.15) is 11.5 Å². The summed E-state index contributed by atoms with van der Waals surface area (Å²) in [5, 5.41) is 2.84. The van der Waals surface area contributed by atoms with Crippen molar-refractivity contribution in [1.29, 1.82) is 0 Å². The molecule has 1 heterocycles. The molecule has 1 aliphatic rings. The van der Waals surface area contributed by atoms with Crippen molar-refractivity contribution >= 4 is 23.2 Å². The summed E-state index contributed by atoms with van der Waals surface area (Å²) < 4.78 is 10.9. The van der Waals surface area contributed by atoms with Crippen LogP contribution in [0.5, 0.6) is 11.5 Å². The molecule has 0 fully saturated rings. The molecule has 0 saturated carbocycles. The van der Waals surface area contributed by atoms with Gasteiger partial charge in [0.2, 0.25) is 0 Å². The maximum Gasteiger partial charge on any atom is 0.265 e. The second-order valence-electron chi connectivity index (χ2n) is 5.68. The summed E-state index contributed by atoms with van der Waals surface area (Å²) in [5.74, 6) is 0.833. The Morgan fingerprint density at radius 2 is 2.19 bits per heavy atom. The van der Waals surface area contributed by atoms with Gasteiger partial charge >= 0.3 is 0 Å². The van der Waals surface area contributed by atoms with Gasteiger partial charge in [-0.2, -0.15) is 0 Å². The smallest absolute Gasteiger partial charge is 0.265 e. The van der Waals surface area contributed by atoms with Gasteiger partial charge in [0.05, 0.1) is 12.3 Å². The van der Waals surface area contributed by atoms with Crippen molar-refractivity contribution < 1.29 is 19.1 Å². The van der Waals surface area contributed by atoms with Crippen molar-refractivity contribution in [3.63, 3.8) is 0 Å². The molecule has 0 unspecified atom stereocenters. The Morgan fingerprint density at radius 3 is 2.96 bits per heavy atom. The van der Waals surface area contributed by atoms with Gasteiger partial charge in [0.15, 0.2) is 6.61 Å². The summed E-state index contributed by atoms with van der Waals surface area (Å²) >= 11 is 0. The molecule has 0 spiro atoms. The number of carbonyl (C=O) groups is 2. The monoisotopic (exact) mass is 352 g/mol. The maximum absolute atomic E-state index is 12.5. The van der Waals surface area contributed by atoms with Crippen LogP contribution in [0.25, 0.3) is 0 Å². The number of amides is 2. The molecule has 6 heteroatoms. The van der Waals surface area contributed by atoms with Crippen molar-refractivity contribution in [2.24, 2.45) is 0 Å². The van der Waals surface area contributed by atoms with Crippen LogP contribution in [0, 0.1) is 0 Å². The van der Waals surface area contributed by atoms with Crippen LogP contribution in [0.2, 0.25) is 0 Å². The van der Waals surface area contributed by atoms with Crippen LogP contribution >= 0.6 is 0 Å². The molecule has 0 radical (unpaired) electrons. The van der Waals surface area contributed by atoms with E-state index >= 15 is 0 Å². The standard InChI is InChI=1S/C20H20N2O4/c1-3-10-22-17-12-15(8-9-18(17)26-13-19(22)23)21-20(24)14-6-5-7-16(11-14)25-4-2/h3,5-9,11-12H,1,4,10,13H2,2H3,(H,21,24). The van der Waals surface area contributed by atoms with E-state index in [1.54, 1.807) is 53.4 Å². The van der Waals surface area contributed by atoms with Crippen LogP contribution in [0.4, 0.5) is 11.4 Å². The van der Waals surface area contributed by atoms with E-state index in [4.69, 9.17) is 9.47 Å². The Morgan fingerprint density at radius 1 is 1.35 bits per heavy atom. The molecule has 3 rings (SSSR count). The lowest BCUT2D eigenvalue weighted by Gasteiger charge is -2.28. The van der Waals surface area contributed by atoms with E-state index in [1.165, 1.54) is 0 Å². The largest absolute Gasteiger partial charge is 0.494 e. The highest BCUT2D eigenvalue weighted by Gasteiger charge is 2.25. The Hall–Kier alpha value is -3.28. The Balaban J connectivity index is 1.82. The molecular weight excluding hydrogens is 332 g/mol. The third-order valence-electron chi connectivity index (χ3n) is 3.88. The molecular formula is C20H20N2O4. The first-order valence-corrected chi connectivity index (χ1v) is 8.34. The van der Waals surface area contributed by atoms with Crippen molar-refractivity contribution in [1.82, 2.24) is 0 Å². The molecule has 1 N–H and O–H groups in total. The lowest BCUT2D eigenvalue weighted by atomic mass is 10.1. The molecule has 1 aliphatic heterocycles. The van der Waals surface area contributed by atoms with Crippen molar-refractivity contribution in [3.8, 4) is 11.5 Å². The fraction of sp³-hybridized carbons (Fsp3) is 0.200. The van der Waals surface area contributed by atoms with E-state index < -0.39 is 0 Å². The molecule has 0 aromatic heterocycles. The summed E-state index contributed by atoms with van der Waals surface area (Å²) in [6, 6.07) is 12.2. The predicted octanol–water partition coefficient (Wildman–Crippen LogP) is 3.25. The van der Waals surface area contributed by atoms with Crippen LogP contribution in [-0.2, 0) is 4.79 Å². The number of benzene rings is 2. The molecule has 2 aromatic carbocycles. The molecule has 0 bridgehead atoms. The normalized spacial score (nSPS) is 12.8. The van der Waals surface area contributed by atoms with Crippen LogP contribution < -0.4 is 19.7 Å². The van der Waals surface area contributed by atoms with Crippen LogP contribution in [0.1, 0.15) is 17.3 Å². The van der Waals surface area contributed by atoms with Gasteiger partial charge in [0.25, 0.3) is 11.8 Å².